The zero-order valence-corrected chi connectivity index (χ0v) is 6.41. The van der Waals surface area contributed by atoms with E-state index in [1.807, 2.05) is 0 Å². The van der Waals surface area contributed by atoms with Crippen molar-refractivity contribution in [3.05, 3.63) is 0 Å². The molecule has 1 fully saturated rings. The summed E-state index contributed by atoms with van der Waals surface area (Å²) >= 11 is 0. The normalized spacial score (nSPS) is 27.0. The molecule has 5 heteroatoms. The van der Waals surface area contributed by atoms with Gasteiger partial charge < -0.3 is 15.8 Å². The number of amides is 1. The van der Waals surface area contributed by atoms with Crippen molar-refractivity contribution >= 4 is 18.1 Å². The van der Waals surface area contributed by atoms with E-state index in [4.69, 9.17) is 10.5 Å². The van der Waals surface area contributed by atoms with Gasteiger partial charge in [-0.2, -0.15) is 0 Å². The van der Waals surface area contributed by atoms with E-state index < -0.39 is 11.9 Å². The molecule has 1 saturated carbocycles. The fourth-order valence-electron chi connectivity index (χ4n) is 1.18. The van der Waals surface area contributed by atoms with Crippen LogP contribution in [0.4, 0.5) is 0 Å². The largest absolute Gasteiger partial charge is 0.481 e. The van der Waals surface area contributed by atoms with Crippen molar-refractivity contribution in [3.63, 3.8) is 0 Å². The summed E-state index contributed by atoms with van der Waals surface area (Å²) in [6.07, 6.45) is 1.65. The fourth-order valence-corrected chi connectivity index (χ4v) is 1.18. The molecule has 12 heavy (non-hydrogen) atoms. The van der Waals surface area contributed by atoms with Gasteiger partial charge in [0.15, 0.2) is 0 Å². The molecule has 0 saturated heterocycles. The molecule has 1 aliphatic rings. The molecule has 1 amide bonds. The van der Waals surface area contributed by atoms with Crippen LogP contribution in [0.3, 0.4) is 0 Å². The van der Waals surface area contributed by atoms with E-state index in [9.17, 15) is 9.59 Å². The molecule has 1 rings (SSSR count). The van der Waals surface area contributed by atoms with Crippen molar-refractivity contribution in [2.45, 2.75) is 18.9 Å². The van der Waals surface area contributed by atoms with Gasteiger partial charge in [0, 0.05) is 6.04 Å². The highest BCUT2D eigenvalue weighted by molar-refractivity contribution is 6.25. The van der Waals surface area contributed by atoms with Crippen molar-refractivity contribution < 1.29 is 14.7 Å². The SMILES string of the molecule is N=CC(=O)NC1CC(C(=O)O)C1. The first kappa shape index (κ1) is 8.70. The number of carbonyl (C=O) groups is 2. The number of carboxylic acids is 1. The summed E-state index contributed by atoms with van der Waals surface area (Å²) in [6, 6.07) is -0.0554. The summed E-state index contributed by atoms with van der Waals surface area (Å²) in [7, 11) is 0. The molecule has 0 aromatic heterocycles. The first-order chi connectivity index (χ1) is 5.63. The summed E-state index contributed by atoms with van der Waals surface area (Å²) in [5.41, 5.74) is 0. The Labute approximate surface area is 69.3 Å². The molecule has 0 heterocycles. The zero-order valence-electron chi connectivity index (χ0n) is 6.41. The lowest BCUT2D eigenvalue weighted by molar-refractivity contribution is -0.145. The van der Waals surface area contributed by atoms with Crippen LogP contribution in [0.15, 0.2) is 0 Å². The van der Waals surface area contributed by atoms with Crippen LogP contribution >= 0.6 is 0 Å². The van der Waals surface area contributed by atoms with Crippen molar-refractivity contribution in [1.82, 2.24) is 5.32 Å². The number of carboxylic acid groups (broad SMARTS) is 1. The van der Waals surface area contributed by atoms with E-state index in [-0.39, 0.29) is 12.0 Å². The van der Waals surface area contributed by atoms with Crippen molar-refractivity contribution in [2.75, 3.05) is 0 Å². The van der Waals surface area contributed by atoms with E-state index in [2.05, 4.69) is 5.32 Å². The van der Waals surface area contributed by atoms with Crippen LogP contribution in [0.5, 0.6) is 0 Å². The monoisotopic (exact) mass is 170 g/mol. The van der Waals surface area contributed by atoms with Gasteiger partial charge >= 0.3 is 5.97 Å². The molecule has 0 aromatic rings. The van der Waals surface area contributed by atoms with Crippen LogP contribution in [-0.4, -0.2) is 29.2 Å². The maximum absolute atomic E-state index is 10.6. The zero-order chi connectivity index (χ0) is 9.14. The Bertz CT molecular complexity index is 221. The highest BCUT2D eigenvalue weighted by Crippen LogP contribution is 2.27. The lowest BCUT2D eigenvalue weighted by Crippen LogP contribution is -2.46. The molecule has 0 aromatic carbocycles. The number of carbonyl (C=O) groups excluding carboxylic acids is 1. The van der Waals surface area contributed by atoms with Crippen LogP contribution < -0.4 is 5.32 Å². The van der Waals surface area contributed by atoms with Crippen LogP contribution in [0.1, 0.15) is 12.8 Å². The average molecular weight is 170 g/mol. The Morgan fingerprint density at radius 1 is 1.50 bits per heavy atom. The summed E-state index contributed by atoms with van der Waals surface area (Å²) in [4.78, 5) is 20.9. The lowest BCUT2D eigenvalue weighted by Gasteiger charge is -2.32. The topological polar surface area (TPSA) is 90.3 Å². The molecule has 0 spiro atoms. The second-order valence-electron chi connectivity index (χ2n) is 2.86. The summed E-state index contributed by atoms with van der Waals surface area (Å²) in [5.74, 6) is -1.58. The number of hydrogen-bond acceptors (Lipinski definition) is 3. The van der Waals surface area contributed by atoms with Gasteiger partial charge in [-0.15, -0.1) is 0 Å². The third kappa shape index (κ3) is 1.81. The number of rotatable bonds is 3. The summed E-state index contributed by atoms with van der Waals surface area (Å²) < 4.78 is 0. The van der Waals surface area contributed by atoms with E-state index in [0.29, 0.717) is 19.1 Å². The van der Waals surface area contributed by atoms with Gasteiger partial charge in [0.2, 0.25) is 0 Å². The molecular formula is C7H10N2O3. The van der Waals surface area contributed by atoms with Crippen LogP contribution in [-0.2, 0) is 9.59 Å². The fraction of sp³-hybridized carbons (Fsp3) is 0.571. The maximum Gasteiger partial charge on any atom is 0.306 e. The lowest BCUT2D eigenvalue weighted by atomic mass is 9.80. The molecule has 0 unspecified atom stereocenters. The standard InChI is InChI=1S/C7H10N2O3/c8-3-6(10)9-5-1-4(2-5)7(11)12/h3-5,8H,1-2H2,(H,9,10)(H,11,12). The van der Waals surface area contributed by atoms with Gasteiger partial charge in [-0.3, -0.25) is 9.59 Å². The Morgan fingerprint density at radius 2 is 2.08 bits per heavy atom. The molecule has 0 aliphatic heterocycles. The molecular weight excluding hydrogens is 160 g/mol. The second-order valence-corrected chi connectivity index (χ2v) is 2.86. The molecule has 0 bridgehead atoms. The predicted molar refractivity (Wildman–Crippen MR) is 41.1 cm³/mol. The van der Waals surface area contributed by atoms with Crippen molar-refractivity contribution in [2.24, 2.45) is 5.92 Å². The quantitative estimate of drug-likeness (QED) is 0.504. The van der Waals surface area contributed by atoms with Gasteiger partial charge in [-0.1, -0.05) is 0 Å². The first-order valence-corrected chi connectivity index (χ1v) is 3.67. The molecule has 66 valence electrons. The van der Waals surface area contributed by atoms with Gasteiger partial charge in [0.05, 0.1) is 12.1 Å². The van der Waals surface area contributed by atoms with E-state index >= 15 is 0 Å². The van der Waals surface area contributed by atoms with Gasteiger partial charge in [0.25, 0.3) is 5.91 Å². The summed E-state index contributed by atoms with van der Waals surface area (Å²) in [6.45, 7) is 0. The van der Waals surface area contributed by atoms with Gasteiger partial charge in [0.1, 0.15) is 0 Å². The van der Waals surface area contributed by atoms with Crippen LogP contribution in [0.2, 0.25) is 0 Å². The molecule has 0 radical (unpaired) electrons. The predicted octanol–water partition coefficient (Wildman–Crippen LogP) is -0.385. The first-order valence-electron chi connectivity index (χ1n) is 3.67. The minimum atomic E-state index is -0.810. The Hall–Kier alpha value is -1.39. The van der Waals surface area contributed by atoms with E-state index in [0.717, 1.165) is 0 Å². The summed E-state index contributed by atoms with van der Waals surface area (Å²) in [5, 5.41) is 17.6. The maximum atomic E-state index is 10.6. The van der Waals surface area contributed by atoms with Crippen LogP contribution in [0.25, 0.3) is 0 Å². The Kier molecular flexibility index (Phi) is 2.42. The van der Waals surface area contributed by atoms with Crippen molar-refractivity contribution in [1.29, 1.82) is 5.41 Å². The molecule has 3 N–H and O–H groups in total. The van der Waals surface area contributed by atoms with Crippen molar-refractivity contribution in [3.8, 4) is 0 Å². The smallest absolute Gasteiger partial charge is 0.306 e. The molecule has 5 nitrogen and oxygen atoms in total. The Balaban J connectivity index is 2.22. The Morgan fingerprint density at radius 3 is 2.50 bits per heavy atom. The third-order valence-corrected chi connectivity index (χ3v) is 1.96. The average Bonchev–Trinajstić information content (AvgIpc) is 1.94. The third-order valence-electron chi connectivity index (χ3n) is 1.96. The number of aliphatic carboxylic acids is 1. The van der Waals surface area contributed by atoms with E-state index in [1.54, 1.807) is 0 Å². The highest BCUT2D eigenvalue weighted by atomic mass is 16.4. The minimum Gasteiger partial charge on any atom is -0.481 e. The van der Waals surface area contributed by atoms with Crippen LogP contribution in [0, 0.1) is 11.3 Å². The molecule has 0 atom stereocenters. The number of nitrogens with one attached hydrogen (secondary N) is 2. The molecule has 1 aliphatic carbocycles. The minimum absolute atomic E-state index is 0.0554. The second kappa shape index (κ2) is 3.34. The van der Waals surface area contributed by atoms with Gasteiger partial charge in [-0.25, -0.2) is 0 Å². The van der Waals surface area contributed by atoms with E-state index in [1.165, 1.54) is 0 Å². The highest BCUT2D eigenvalue weighted by Gasteiger charge is 2.34. The van der Waals surface area contributed by atoms with Gasteiger partial charge in [-0.05, 0) is 12.8 Å². The number of hydrogen-bond donors (Lipinski definition) is 3.